The minimum Gasteiger partial charge on any atom is -0.0623 e. The Kier molecular flexibility index (Phi) is 3.96. The minimum atomic E-state index is -2.51. The van der Waals surface area contributed by atoms with Crippen LogP contribution in [0.15, 0.2) is 133 Å². The zero-order valence-electron chi connectivity index (χ0n) is 18.2. The molecule has 0 N–H and O–H groups in total. The van der Waals surface area contributed by atoms with E-state index in [2.05, 4.69) is 133 Å². The summed E-state index contributed by atoms with van der Waals surface area (Å²) in [5.41, 5.74) is 2.79. The molecule has 1 aliphatic rings. The van der Waals surface area contributed by atoms with E-state index in [4.69, 9.17) is 0 Å². The smallest absolute Gasteiger partial charge is 0.0623 e. The monoisotopic (exact) mass is 434 g/mol. The lowest BCUT2D eigenvalue weighted by Crippen LogP contribution is -2.73. The molecule has 0 radical (unpaired) electrons. The highest BCUT2D eigenvalue weighted by Gasteiger charge is 2.49. The first-order valence-electron chi connectivity index (χ1n) is 11.5. The van der Waals surface area contributed by atoms with Crippen LogP contribution in [-0.2, 0) is 0 Å². The molecule has 0 unspecified atom stereocenters. The van der Waals surface area contributed by atoms with Crippen LogP contribution < -0.4 is 20.7 Å². The molecule has 0 bridgehead atoms. The molecule has 154 valence electrons. The number of hydrogen-bond acceptors (Lipinski definition) is 0. The molecule has 0 nitrogen and oxygen atoms in total. The third kappa shape index (κ3) is 2.51. The molecule has 0 atom stereocenters. The van der Waals surface area contributed by atoms with Crippen molar-refractivity contribution in [3.8, 4) is 11.1 Å². The van der Waals surface area contributed by atoms with Gasteiger partial charge in [-0.15, -0.1) is 0 Å². The van der Waals surface area contributed by atoms with Crippen molar-refractivity contribution in [2.24, 2.45) is 0 Å². The van der Waals surface area contributed by atoms with Crippen LogP contribution in [0, 0.1) is 0 Å². The molecular weight excluding hydrogens is 412 g/mol. The minimum absolute atomic E-state index is 1.31. The Morgan fingerprint density at radius 3 is 1.61 bits per heavy atom. The molecule has 0 aliphatic carbocycles. The molecule has 6 aromatic carbocycles. The van der Waals surface area contributed by atoms with Gasteiger partial charge in [0.05, 0.1) is 0 Å². The number of benzene rings is 6. The predicted molar refractivity (Wildman–Crippen MR) is 144 cm³/mol. The summed E-state index contributed by atoms with van der Waals surface area (Å²) in [4.78, 5) is 0. The van der Waals surface area contributed by atoms with Gasteiger partial charge in [-0.25, -0.2) is 0 Å². The van der Waals surface area contributed by atoms with E-state index in [-0.39, 0.29) is 0 Å². The molecule has 0 amide bonds. The number of hydrogen-bond donors (Lipinski definition) is 0. The van der Waals surface area contributed by atoms with Crippen LogP contribution in [0.25, 0.3) is 32.7 Å². The van der Waals surface area contributed by atoms with E-state index in [1.165, 1.54) is 53.4 Å². The summed E-state index contributed by atoms with van der Waals surface area (Å²) in [6, 6.07) is 49.8. The fourth-order valence-electron chi connectivity index (χ4n) is 5.95. The van der Waals surface area contributed by atoms with Crippen molar-refractivity contribution in [3.05, 3.63) is 133 Å². The van der Waals surface area contributed by atoms with Gasteiger partial charge < -0.3 is 0 Å². The van der Waals surface area contributed by atoms with Gasteiger partial charge >= 0.3 is 0 Å². The van der Waals surface area contributed by atoms with Gasteiger partial charge in [-0.2, -0.15) is 0 Å². The Bertz CT molecular complexity index is 1610. The fourth-order valence-corrected chi connectivity index (χ4v) is 11.4. The van der Waals surface area contributed by atoms with E-state index in [0.717, 1.165) is 0 Å². The SMILES string of the molecule is c1ccc([Si]2(c3ccccc3)c3cc4ccccc4cc3-c3ccc4ccccc4c32)cc1. The average Bonchev–Trinajstić information content (AvgIpc) is 3.19. The maximum absolute atomic E-state index is 2.51. The summed E-state index contributed by atoms with van der Waals surface area (Å²) < 4.78 is 0. The topological polar surface area (TPSA) is 0 Å². The van der Waals surface area contributed by atoms with Crippen LogP contribution in [0.4, 0.5) is 0 Å². The molecule has 1 heterocycles. The normalized spacial score (nSPS) is 13.7. The molecule has 0 saturated heterocycles. The van der Waals surface area contributed by atoms with E-state index >= 15 is 0 Å². The number of rotatable bonds is 2. The standard InChI is InChI=1S/C32H22Si/c1-3-14-26(15-4-1)33(27-16-5-2-6-17-27)31-22-25-13-8-7-12-24(25)21-30(31)29-20-19-23-11-9-10-18-28(23)32(29)33/h1-22H. The van der Waals surface area contributed by atoms with Gasteiger partial charge in [-0.1, -0.05) is 127 Å². The summed E-state index contributed by atoms with van der Waals surface area (Å²) in [5.74, 6) is 0. The van der Waals surface area contributed by atoms with Crippen molar-refractivity contribution in [2.75, 3.05) is 0 Å². The van der Waals surface area contributed by atoms with Gasteiger partial charge in [0, 0.05) is 0 Å². The molecule has 33 heavy (non-hydrogen) atoms. The molecule has 7 rings (SSSR count). The van der Waals surface area contributed by atoms with Gasteiger partial charge in [0.15, 0.2) is 8.07 Å². The van der Waals surface area contributed by atoms with E-state index in [1.807, 2.05) is 0 Å². The summed E-state index contributed by atoms with van der Waals surface area (Å²) >= 11 is 0. The summed E-state index contributed by atoms with van der Waals surface area (Å²) in [5, 5.41) is 11.3. The van der Waals surface area contributed by atoms with Gasteiger partial charge in [0.25, 0.3) is 0 Å². The largest absolute Gasteiger partial charge is 0.181 e. The summed E-state index contributed by atoms with van der Waals surface area (Å²) in [6.07, 6.45) is 0. The zero-order chi connectivity index (χ0) is 21.8. The van der Waals surface area contributed by atoms with E-state index in [0.29, 0.717) is 0 Å². The van der Waals surface area contributed by atoms with Crippen LogP contribution >= 0.6 is 0 Å². The lowest BCUT2D eigenvalue weighted by atomic mass is 9.99. The fraction of sp³-hybridized carbons (Fsp3) is 0. The predicted octanol–water partition coefficient (Wildman–Crippen LogP) is 5.35. The van der Waals surface area contributed by atoms with Crippen molar-refractivity contribution in [2.45, 2.75) is 0 Å². The van der Waals surface area contributed by atoms with E-state index < -0.39 is 8.07 Å². The van der Waals surface area contributed by atoms with Crippen LogP contribution in [-0.4, -0.2) is 8.07 Å². The highest BCUT2D eigenvalue weighted by molar-refractivity contribution is 7.23. The zero-order valence-corrected chi connectivity index (χ0v) is 19.2. The maximum atomic E-state index is 2.49. The molecule has 1 aliphatic heterocycles. The lowest BCUT2D eigenvalue weighted by molar-refractivity contribution is 1.71. The highest BCUT2D eigenvalue weighted by atomic mass is 28.3. The van der Waals surface area contributed by atoms with Crippen molar-refractivity contribution < 1.29 is 0 Å². The van der Waals surface area contributed by atoms with E-state index in [1.54, 1.807) is 0 Å². The Labute approximate surface area is 194 Å². The van der Waals surface area contributed by atoms with Crippen molar-refractivity contribution in [3.63, 3.8) is 0 Å². The number of fused-ring (bicyclic) bond motifs is 6. The Morgan fingerprint density at radius 2 is 0.939 bits per heavy atom. The first-order valence-corrected chi connectivity index (χ1v) is 13.5. The van der Waals surface area contributed by atoms with Crippen LogP contribution in [0.5, 0.6) is 0 Å². The lowest BCUT2D eigenvalue weighted by Gasteiger charge is -2.32. The van der Waals surface area contributed by atoms with Crippen LogP contribution in [0.3, 0.4) is 0 Å². The second-order valence-corrected chi connectivity index (χ2v) is 12.6. The van der Waals surface area contributed by atoms with Crippen LogP contribution in [0.2, 0.25) is 0 Å². The third-order valence-electron chi connectivity index (χ3n) is 7.30. The molecule has 0 fully saturated rings. The second kappa shape index (κ2) is 7.03. The van der Waals surface area contributed by atoms with Crippen molar-refractivity contribution in [1.82, 2.24) is 0 Å². The molecule has 0 spiro atoms. The van der Waals surface area contributed by atoms with Gasteiger partial charge in [-0.3, -0.25) is 0 Å². The second-order valence-electron chi connectivity index (χ2n) is 8.94. The van der Waals surface area contributed by atoms with Gasteiger partial charge in [0.2, 0.25) is 0 Å². The first kappa shape index (κ1) is 18.6. The van der Waals surface area contributed by atoms with Crippen molar-refractivity contribution in [1.29, 1.82) is 0 Å². The quantitative estimate of drug-likeness (QED) is 0.322. The molecular formula is C32H22Si. The average molecular weight is 435 g/mol. The summed E-state index contributed by atoms with van der Waals surface area (Å²) in [6.45, 7) is 0. The van der Waals surface area contributed by atoms with E-state index in [9.17, 15) is 0 Å². The van der Waals surface area contributed by atoms with Crippen LogP contribution in [0.1, 0.15) is 0 Å². The molecule has 0 saturated carbocycles. The third-order valence-corrected chi connectivity index (χ3v) is 12.2. The first-order chi connectivity index (χ1) is 16.4. The Hall–Kier alpha value is -3.94. The molecule has 6 aromatic rings. The van der Waals surface area contributed by atoms with Crippen molar-refractivity contribution >= 4 is 50.4 Å². The molecule has 1 heteroatoms. The molecule has 0 aromatic heterocycles. The summed E-state index contributed by atoms with van der Waals surface area (Å²) in [7, 11) is -2.51. The van der Waals surface area contributed by atoms with Gasteiger partial charge in [0.1, 0.15) is 0 Å². The van der Waals surface area contributed by atoms with Gasteiger partial charge in [-0.05, 0) is 59.5 Å². The Balaban J connectivity index is 1.75. The highest BCUT2D eigenvalue weighted by Crippen LogP contribution is 2.34. The Morgan fingerprint density at radius 1 is 0.394 bits per heavy atom. The maximum Gasteiger partial charge on any atom is 0.181 e.